The summed E-state index contributed by atoms with van der Waals surface area (Å²) in [6, 6.07) is 5.29. The van der Waals surface area contributed by atoms with Crippen LogP contribution in [0.1, 0.15) is 24.2 Å². The number of nitrogen functional groups attached to an aromatic ring is 1. The fourth-order valence-electron chi connectivity index (χ4n) is 2.20. The van der Waals surface area contributed by atoms with Crippen molar-refractivity contribution in [1.29, 1.82) is 0 Å². The van der Waals surface area contributed by atoms with E-state index in [4.69, 9.17) is 10.5 Å². The van der Waals surface area contributed by atoms with Gasteiger partial charge in [0.1, 0.15) is 0 Å². The maximum atomic E-state index is 12.4. The van der Waals surface area contributed by atoms with Gasteiger partial charge >= 0.3 is 0 Å². The quantitative estimate of drug-likeness (QED) is 0.809. The van der Waals surface area contributed by atoms with Crippen molar-refractivity contribution in [2.75, 3.05) is 18.8 Å². The molecule has 0 bridgehead atoms. The standard InChI is InChI=1S/C13H17BrN2O2/c1-8-6-16(7-9(2)18-8)13(17)10-3-4-11(14)12(15)5-10/h3-5,8-9H,6-7,15H2,1-2H3/t8-,9+. The second-order valence-electron chi connectivity index (χ2n) is 4.70. The largest absolute Gasteiger partial charge is 0.398 e. The SMILES string of the molecule is C[C@@H]1CN(C(=O)c2ccc(Br)c(N)c2)C[C@H](C)O1. The Bertz CT molecular complexity index is 454. The van der Waals surface area contributed by atoms with Crippen molar-refractivity contribution >= 4 is 27.5 Å². The number of halogens is 1. The van der Waals surface area contributed by atoms with Crippen molar-refractivity contribution < 1.29 is 9.53 Å². The van der Waals surface area contributed by atoms with Crippen LogP contribution in [0.15, 0.2) is 22.7 Å². The topological polar surface area (TPSA) is 55.6 Å². The minimum Gasteiger partial charge on any atom is -0.398 e. The maximum Gasteiger partial charge on any atom is 0.254 e. The summed E-state index contributed by atoms with van der Waals surface area (Å²) in [4.78, 5) is 14.2. The highest BCUT2D eigenvalue weighted by atomic mass is 79.9. The molecule has 4 nitrogen and oxygen atoms in total. The molecule has 0 spiro atoms. The van der Waals surface area contributed by atoms with Crippen molar-refractivity contribution in [3.8, 4) is 0 Å². The minimum absolute atomic E-state index is 0.0104. The number of carbonyl (C=O) groups excluding carboxylic acids is 1. The Hall–Kier alpha value is -1.07. The van der Waals surface area contributed by atoms with Gasteiger partial charge in [-0.05, 0) is 48.0 Å². The van der Waals surface area contributed by atoms with E-state index in [9.17, 15) is 4.79 Å². The van der Waals surface area contributed by atoms with E-state index in [1.54, 1.807) is 18.2 Å². The van der Waals surface area contributed by atoms with E-state index in [1.165, 1.54) is 0 Å². The van der Waals surface area contributed by atoms with Crippen molar-refractivity contribution in [2.24, 2.45) is 0 Å². The number of carbonyl (C=O) groups is 1. The number of benzene rings is 1. The van der Waals surface area contributed by atoms with Gasteiger partial charge in [-0.3, -0.25) is 4.79 Å². The number of nitrogens with zero attached hydrogens (tertiary/aromatic N) is 1. The molecule has 2 atom stereocenters. The third kappa shape index (κ3) is 2.84. The number of nitrogens with two attached hydrogens (primary N) is 1. The number of anilines is 1. The van der Waals surface area contributed by atoms with Crippen LogP contribution in [-0.2, 0) is 4.74 Å². The Labute approximate surface area is 115 Å². The normalized spacial score (nSPS) is 24.1. The van der Waals surface area contributed by atoms with Gasteiger partial charge < -0.3 is 15.4 Å². The monoisotopic (exact) mass is 312 g/mol. The van der Waals surface area contributed by atoms with Gasteiger partial charge in [0, 0.05) is 28.8 Å². The molecule has 1 amide bonds. The van der Waals surface area contributed by atoms with E-state index < -0.39 is 0 Å². The third-order valence-corrected chi connectivity index (χ3v) is 3.67. The molecule has 0 radical (unpaired) electrons. The van der Waals surface area contributed by atoms with Crippen LogP contribution in [0.4, 0.5) is 5.69 Å². The number of hydrogen-bond acceptors (Lipinski definition) is 3. The molecule has 5 heteroatoms. The highest BCUT2D eigenvalue weighted by Crippen LogP contribution is 2.22. The van der Waals surface area contributed by atoms with Crippen LogP contribution >= 0.6 is 15.9 Å². The molecule has 1 fully saturated rings. The first-order chi connectivity index (χ1) is 8.47. The molecule has 1 saturated heterocycles. The molecule has 0 aliphatic carbocycles. The lowest BCUT2D eigenvalue weighted by Gasteiger charge is -2.35. The first-order valence-corrected chi connectivity index (χ1v) is 6.76. The maximum absolute atomic E-state index is 12.4. The van der Waals surface area contributed by atoms with E-state index in [2.05, 4.69) is 15.9 Å². The molecule has 1 aromatic rings. The van der Waals surface area contributed by atoms with Crippen molar-refractivity contribution in [1.82, 2.24) is 4.90 Å². The van der Waals surface area contributed by atoms with Crippen LogP contribution in [0.5, 0.6) is 0 Å². The molecule has 18 heavy (non-hydrogen) atoms. The van der Waals surface area contributed by atoms with Crippen molar-refractivity contribution in [2.45, 2.75) is 26.1 Å². The van der Waals surface area contributed by atoms with Gasteiger partial charge in [0.25, 0.3) is 5.91 Å². The molecule has 1 aliphatic heterocycles. The van der Waals surface area contributed by atoms with Crippen LogP contribution in [0.3, 0.4) is 0 Å². The van der Waals surface area contributed by atoms with Crippen molar-refractivity contribution in [3.05, 3.63) is 28.2 Å². The highest BCUT2D eigenvalue weighted by molar-refractivity contribution is 9.10. The average molecular weight is 313 g/mol. The van der Waals surface area contributed by atoms with E-state index in [0.717, 1.165) is 4.47 Å². The van der Waals surface area contributed by atoms with Crippen LogP contribution in [0.25, 0.3) is 0 Å². The molecule has 1 aliphatic rings. The predicted molar refractivity (Wildman–Crippen MR) is 74.5 cm³/mol. The fourth-order valence-corrected chi connectivity index (χ4v) is 2.45. The average Bonchev–Trinajstić information content (AvgIpc) is 2.30. The van der Waals surface area contributed by atoms with Gasteiger partial charge in [-0.25, -0.2) is 0 Å². The zero-order valence-corrected chi connectivity index (χ0v) is 12.1. The Balaban J connectivity index is 2.17. The zero-order valence-electron chi connectivity index (χ0n) is 10.5. The summed E-state index contributed by atoms with van der Waals surface area (Å²) in [5, 5.41) is 0. The minimum atomic E-state index is 0.0104. The number of rotatable bonds is 1. The van der Waals surface area contributed by atoms with E-state index in [-0.39, 0.29) is 18.1 Å². The lowest BCUT2D eigenvalue weighted by Crippen LogP contribution is -2.48. The molecule has 0 unspecified atom stereocenters. The van der Waals surface area contributed by atoms with Gasteiger partial charge in [-0.2, -0.15) is 0 Å². The molecule has 2 N–H and O–H groups in total. The molecule has 0 saturated carbocycles. The molecule has 98 valence electrons. The summed E-state index contributed by atoms with van der Waals surface area (Å²) in [6.45, 7) is 5.20. The van der Waals surface area contributed by atoms with Gasteiger partial charge in [0.05, 0.1) is 12.2 Å². The van der Waals surface area contributed by atoms with E-state index >= 15 is 0 Å². The van der Waals surface area contributed by atoms with E-state index in [1.807, 2.05) is 18.7 Å². The molecule has 0 aromatic heterocycles. The van der Waals surface area contributed by atoms with Gasteiger partial charge in [-0.15, -0.1) is 0 Å². The summed E-state index contributed by atoms with van der Waals surface area (Å²) < 4.78 is 6.43. The van der Waals surface area contributed by atoms with E-state index in [0.29, 0.717) is 24.3 Å². The number of ether oxygens (including phenoxy) is 1. The van der Waals surface area contributed by atoms with Crippen LogP contribution in [0, 0.1) is 0 Å². The van der Waals surface area contributed by atoms with Crippen molar-refractivity contribution in [3.63, 3.8) is 0 Å². The third-order valence-electron chi connectivity index (χ3n) is 2.95. The lowest BCUT2D eigenvalue weighted by atomic mass is 10.1. The lowest BCUT2D eigenvalue weighted by molar-refractivity contribution is -0.0586. The Morgan fingerprint density at radius 3 is 2.56 bits per heavy atom. The first-order valence-electron chi connectivity index (χ1n) is 5.97. The Morgan fingerprint density at radius 2 is 2.00 bits per heavy atom. The van der Waals surface area contributed by atoms with Gasteiger partial charge in [0.15, 0.2) is 0 Å². The second-order valence-corrected chi connectivity index (χ2v) is 5.56. The summed E-state index contributed by atoms with van der Waals surface area (Å²) in [7, 11) is 0. The first kappa shape index (κ1) is 13.4. The van der Waals surface area contributed by atoms with Gasteiger partial charge in [0.2, 0.25) is 0 Å². The molecule has 2 rings (SSSR count). The molecule has 1 heterocycles. The zero-order chi connectivity index (χ0) is 13.3. The van der Waals surface area contributed by atoms with Crippen LogP contribution in [-0.4, -0.2) is 36.1 Å². The molecular weight excluding hydrogens is 296 g/mol. The summed E-state index contributed by atoms with van der Waals surface area (Å²) in [5.74, 6) is 0.0104. The van der Waals surface area contributed by atoms with Gasteiger partial charge in [-0.1, -0.05) is 0 Å². The van der Waals surface area contributed by atoms with Crippen LogP contribution < -0.4 is 5.73 Å². The summed E-state index contributed by atoms with van der Waals surface area (Å²) in [6.07, 6.45) is 0.149. The Morgan fingerprint density at radius 1 is 1.39 bits per heavy atom. The highest BCUT2D eigenvalue weighted by Gasteiger charge is 2.26. The number of hydrogen-bond donors (Lipinski definition) is 1. The smallest absolute Gasteiger partial charge is 0.254 e. The predicted octanol–water partition coefficient (Wildman–Crippen LogP) is 2.28. The Kier molecular flexibility index (Phi) is 3.92. The summed E-state index contributed by atoms with van der Waals surface area (Å²) >= 11 is 3.32. The molecular formula is C13H17BrN2O2. The fraction of sp³-hybridized carbons (Fsp3) is 0.462. The summed E-state index contributed by atoms with van der Waals surface area (Å²) in [5.41, 5.74) is 7.00. The molecule has 1 aromatic carbocycles. The second kappa shape index (κ2) is 5.28. The van der Waals surface area contributed by atoms with Crippen LogP contribution in [0.2, 0.25) is 0 Å². The number of amides is 1. The number of morpholine rings is 1.